The maximum Gasteiger partial charge on any atom is 0.417 e. The average molecular weight is 376 g/mol. The summed E-state index contributed by atoms with van der Waals surface area (Å²) in [6.07, 6.45) is -4.48. The van der Waals surface area contributed by atoms with Crippen LogP contribution in [0.2, 0.25) is 0 Å². The Kier molecular flexibility index (Phi) is 7.00. The molecule has 20 heavy (non-hydrogen) atoms. The van der Waals surface area contributed by atoms with Gasteiger partial charge in [0.25, 0.3) is 0 Å². The predicted octanol–water partition coefficient (Wildman–Crippen LogP) is 3.81. The number of alkyl halides is 3. The summed E-state index contributed by atoms with van der Waals surface area (Å²) in [6, 6.07) is 3.15. The van der Waals surface area contributed by atoms with E-state index in [1.807, 2.05) is 0 Å². The zero-order chi connectivity index (χ0) is 14.8. The summed E-state index contributed by atoms with van der Waals surface area (Å²) < 4.78 is 38.0. The van der Waals surface area contributed by atoms with Crippen LogP contribution in [0.1, 0.15) is 19.4 Å². The van der Waals surface area contributed by atoms with Crippen molar-refractivity contribution in [2.45, 2.75) is 26.1 Å². The predicted molar refractivity (Wildman–Crippen MR) is 77.8 cm³/mol. The van der Waals surface area contributed by atoms with E-state index in [1.165, 1.54) is 12.1 Å². The molecule has 1 aromatic carbocycles. The van der Waals surface area contributed by atoms with Gasteiger partial charge in [0.15, 0.2) is 0 Å². The fourth-order valence-corrected chi connectivity index (χ4v) is 1.79. The van der Waals surface area contributed by atoms with Gasteiger partial charge in [0.2, 0.25) is 5.91 Å². The molecule has 3 nitrogen and oxygen atoms in total. The Labute approximate surface area is 129 Å². The molecule has 0 radical (unpaired) electrons. The zero-order valence-corrected chi connectivity index (χ0v) is 13.2. The summed E-state index contributed by atoms with van der Waals surface area (Å²) in [5, 5.41) is 2.42. The second-order valence-electron chi connectivity index (χ2n) is 4.33. The van der Waals surface area contributed by atoms with Crippen molar-refractivity contribution < 1.29 is 18.0 Å². The van der Waals surface area contributed by atoms with Crippen LogP contribution >= 0.6 is 28.3 Å². The highest BCUT2D eigenvalue weighted by Crippen LogP contribution is 2.36. The lowest BCUT2D eigenvalue weighted by atomic mass is 10.0. The lowest BCUT2D eigenvalue weighted by Gasteiger charge is -2.16. The van der Waals surface area contributed by atoms with E-state index in [1.54, 1.807) is 13.8 Å². The lowest BCUT2D eigenvalue weighted by Crippen LogP contribution is -2.34. The molecule has 0 aromatic heterocycles. The van der Waals surface area contributed by atoms with Gasteiger partial charge in [0, 0.05) is 16.2 Å². The van der Waals surface area contributed by atoms with Crippen LogP contribution in [-0.4, -0.2) is 11.9 Å². The molecule has 1 rings (SSSR count). The number of hydrogen-bond donors (Lipinski definition) is 2. The number of benzene rings is 1. The van der Waals surface area contributed by atoms with Crippen molar-refractivity contribution in [3.8, 4) is 0 Å². The van der Waals surface area contributed by atoms with Crippen molar-refractivity contribution in [3.05, 3.63) is 28.2 Å². The van der Waals surface area contributed by atoms with E-state index in [-0.39, 0.29) is 28.6 Å². The van der Waals surface area contributed by atoms with Crippen LogP contribution in [0, 0.1) is 5.92 Å². The van der Waals surface area contributed by atoms with Crippen molar-refractivity contribution >= 4 is 39.9 Å². The fraction of sp³-hybridized carbons (Fsp3) is 0.417. The number of hydrogen-bond acceptors (Lipinski definition) is 2. The summed E-state index contributed by atoms with van der Waals surface area (Å²) >= 11 is 2.83. The molecule has 2 unspecified atom stereocenters. The van der Waals surface area contributed by atoms with Crippen molar-refractivity contribution in [1.29, 1.82) is 0 Å². The number of nitrogens with one attached hydrogen (secondary N) is 1. The second-order valence-corrected chi connectivity index (χ2v) is 5.18. The third kappa shape index (κ3) is 4.96. The molecule has 2 atom stereocenters. The summed E-state index contributed by atoms with van der Waals surface area (Å²) in [5.74, 6) is -0.900. The Bertz CT molecular complexity index is 480. The molecule has 0 saturated heterocycles. The summed E-state index contributed by atoms with van der Waals surface area (Å²) in [7, 11) is 0. The lowest BCUT2D eigenvalue weighted by molar-refractivity contribution is -0.138. The van der Waals surface area contributed by atoms with Crippen molar-refractivity contribution in [2.75, 3.05) is 5.32 Å². The van der Waals surface area contributed by atoms with E-state index >= 15 is 0 Å². The number of carbonyl (C=O) groups is 1. The van der Waals surface area contributed by atoms with Crippen LogP contribution in [-0.2, 0) is 11.0 Å². The highest BCUT2D eigenvalue weighted by Gasteiger charge is 2.33. The number of nitrogens with two attached hydrogens (primary N) is 1. The Hall–Kier alpha value is -0.790. The Morgan fingerprint density at radius 2 is 1.90 bits per heavy atom. The van der Waals surface area contributed by atoms with Gasteiger partial charge in [-0.1, -0.05) is 22.9 Å². The first-order chi connectivity index (χ1) is 8.62. The van der Waals surface area contributed by atoms with Gasteiger partial charge in [-0.3, -0.25) is 4.79 Å². The first kappa shape index (κ1) is 19.2. The maximum atomic E-state index is 12.7. The van der Waals surface area contributed by atoms with Crippen LogP contribution in [0.15, 0.2) is 22.7 Å². The van der Waals surface area contributed by atoms with E-state index < -0.39 is 23.6 Å². The van der Waals surface area contributed by atoms with Gasteiger partial charge < -0.3 is 11.1 Å². The highest BCUT2D eigenvalue weighted by molar-refractivity contribution is 9.10. The Morgan fingerprint density at radius 3 is 2.35 bits per heavy atom. The molecule has 1 amide bonds. The van der Waals surface area contributed by atoms with Crippen LogP contribution in [0.5, 0.6) is 0 Å². The topological polar surface area (TPSA) is 55.1 Å². The minimum absolute atomic E-state index is 0. The van der Waals surface area contributed by atoms with Crippen molar-refractivity contribution in [1.82, 2.24) is 0 Å². The minimum Gasteiger partial charge on any atom is -0.327 e. The molecular weight excluding hydrogens is 360 g/mol. The van der Waals surface area contributed by atoms with Gasteiger partial charge in [-0.15, -0.1) is 12.4 Å². The summed E-state index contributed by atoms with van der Waals surface area (Å²) in [5.41, 5.74) is 4.82. The number of carbonyl (C=O) groups excluding carboxylic acids is 1. The first-order valence-corrected chi connectivity index (χ1v) is 6.35. The number of amides is 1. The SMILES string of the molecule is CC(N)C(C)C(=O)Nc1ccc(Br)c(C(F)(F)F)c1.Cl. The zero-order valence-electron chi connectivity index (χ0n) is 10.8. The van der Waals surface area contributed by atoms with E-state index in [0.29, 0.717) is 0 Å². The van der Waals surface area contributed by atoms with Crippen molar-refractivity contribution in [3.63, 3.8) is 0 Å². The molecule has 0 aliphatic rings. The van der Waals surface area contributed by atoms with Gasteiger partial charge in [0.05, 0.1) is 11.5 Å². The first-order valence-electron chi connectivity index (χ1n) is 5.56. The molecule has 0 fully saturated rings. The molecule has 3 N–H and O–H groups in total. The van der Waals surface area contributed by atoms with E-state index in [4.69, 9.17) is 5.73 Å². The van der Waals surface area contributed by atoms with E-state index in [0.717, 1.165) is 6.07 Å². The third-order valence-corrected chi connectivity index (χ3v) is 3.43. The van der Waals surface area contributed by atoms with Crippen LogP contribution in [0.3, 0.4) is 0 Å². The molecule has 0 saturated carbocycles. The average Bonchev–Trinajstić information content (AvgIpc) is 2.28. The van der Waals surface area contributed by atoms with Crippen molar-refractivity contribution in [2.24, 2.45) is 11.7 Å². The molecule has 0 heterocycles. The molecule has 1 aromatic rings. The monoisotopic (exact) mass is 374 g/mol. The quantitative estimate of drug-likeness (QED) is 0.844. The molecule has 0 spiro atoms. The smallest absolute Gasteiger partial charge is 0.327 e. The number of anilines is 1. The highest BCUT2D eigenvalue weighted by atomic mass is 79.9. The molecule has 0 aliphatic carbocycles. The second kappa shape index (κ2) is 7.28. The normalized spacial score (nSPS) is 14.2. The number of rotatable bonds is 3. The summed E-state index contributed by atoms with van der Waals surface area (Å²) in [6.45, 7) is 3.27. The van der Waals surface area contributed by atoms with E-state index in [2.05, 4.69) is 21.2 Å². The molecule has 8 heteroatoms. The summed E-state index contributed by atoms with van der Waals surface area (Å²) in [4.78, 5) is 11.7. The van der Waals surface area contributed by atoms with E-state index in [9.17, 15) is 18.0 Å². The number of halogens is 5. The largest absolute Gasteiger partial charge is 0.417 e. The fourth-order valence-electron chi connectivity index (χ4n) is 1.32. The van der Waals surface area contributed by atoms with Gasteiger partial charge in [-0.05, 0) is 25.1 Å². The molecule has 0 bridgehead atoms. The Balaban J connectivity index is 0.00000361. The Morgan fingerprint density at radius 1 is 1.35 bits per heavy atom. The van der Waals surface area contributed by atoms with Gasteiger partial charge >= 0.3 is 6.18 Å². The maximum absolute atomic E-state index is 12.7. The van der Waals surface area contributed by atoms with Gasteiger partial charge in [-0.2, -0.15) is 13.2 Å². The molecule has 0 aliphatic heterocycles. The van der Waals surface area contributed by atoms with Crippen LogP contribution in [0.4, 0.5) is 18.9 Å². The van der Waals surface area contributed by atoms with Crippen LogP contribution in [0.25, 0.3) is 0 Å². The standard InChI is InChI=1S/C12H14BrF3N2O.ClH/c1-6(7(2)17)11(19)18-8-3-4-10(13)9(5-8)12(14,15)16;/h3-7H,17H2,1-2H3,(H,18,19);1H. The van der Waals surface area contributed by atoms with Gasteiger partial charge in [-0.25, -0.2) is 0 Å². The molecule has 114 valence electrons. The minimum atomic E-state index is -4.48. The van der Waals surface area contributed by atoms with Crippen LogP contribution < -0.4 is 11.1 Å². The molecular formula is C12H15BrClF3N2O. The third-order valence-electron chi connectivity index (χ3n) is 2.74. The van der Waals surface area contributed by atoms with Gasteiger partial charge in [0.1, 0.15) is 0 Å².